The van der Waals surface area contributed by atoms with Crippen molar-refractivity contribution >= 4 is 17.9 Å². The lowest BCUT2D eigenvalue weighted by Crippen LogP contribution is -2.44. The van der Waals surface area contributed by atoms with Crippen molar-refractivity contribution in [3.8, 4) is 0 Å². The molecule has 0 bridgehead atoms. The number of ether oxygens (including phenoxy) is 4. The third-order valence-corrected chi connectivity index (χ3v) is 16.9. The quantitative estimate of drug-likeness (QED) is 0.0195. The Morgan fingerprint density at radius 2 is 0.633 bits per heavy atom. The minimum absolute atomic E-state index is 0.148. The highest BCUT2D eigenvalue weighted by Crippen LogP contribution is 2.19. The monoisotopic (exact) mass is 1260 g/mol. The molecule has 0 N–H and O–H groups in total. The summed E-state index contributed by atoms with van der Waals surface area (Å²) in [6.07, 6.45) is 94.0. The maximum atomic E-state index is 13.0. The number of quaternary nitrogens is 1. The molecule has 90 heavy (non-hydrogen) atoms. The van der Waals surface area contributed by atoms with Crippen molar-refractivity contribution in [2.24, 2.45) is 0 Å². The lowest BCUT2D eigenvalue weighted by atomic mass is 10.0. The number of hydrogen-bond donors (Lipinski definition) is 0. The summed E-state index contributed by atoms with van der Waals surface area (Å²) in [6.45, 7) is 4.69. The van der Waals surface area contributed by atoms with Gasteiger partial charge in [-0.3, -0.25) is 9.59 Å². The van der Waals surface area contributed by atoms with Gasteiger partial charge in [-0.25, -0.2) is 0 Å². The van der Waals surface area contributed by atoms with Gasteiger partial charge < -0.3 is 33.3 Å². The van der Waals surface area contributed by atoms with Gasteiger partial charge in [0.1, 0.15) is 13.2 Å². The molecule has 0 aliphatic carbocycles. The van der Waals surface area contributed by atoms with E-state index in [9.17, 15) is 19.5 Å². The van der Waals surface area contributed by atoms with Crippen molar-refractivity contribution in [2.45, 2.75) is 367 Å². The van der Waals surface area contributed by atoms with E-state index in [1.165, 1.54) is 238 Å². The van der Waals surface area contributed by atoms with Crippen LogP contribution in [-0.2, 0) is 33.3 Å². The summed E-state index contributed by atoms with van der Waals surface area (Å²) in [5.74, 6) is -2.26. The molecule has 0 saturated heterocycles. The van der Waals surface area contributed by atoms with Crippen LogP contribution in [0.25, 0.3) is 0 Å². The summed E-state index contributed by atoms with van der Waals surface area (Å²) in [5.41, 5.74) is 0. The SMILES string of the molecule is CC/C=C\C/C=C\C/C=C\C/C=C\C/C=C\C/C=C\C/C=C\CCCCCCCCCCCCCCCCCC(=O)OC(COC(=O)CCCCCCCCCCCCCCCCCCCCCCCCCCCCCC)COC(OCC[N+](C)(C)C)C(=O)[O-]. The van der Waals surface area contributed by atoms with Gasteiger partial charge in [-0.15, -0.1) is 0 Å². The first kappa shape index (κ1) is 86.5. The molecule has 9 nitrogen and oxygen atoms in total. The molecule has 0 aliphatic rings. The van der Waals surface area contributed by atoms with Crippen molar-refractivity contribution in [1.29, 1.82) is 0 Å². The zero-order chi connectivity index (χ0) is 65.4. The number of carbonyl (C=O) groups is 3. The number of aliphatic carboxylic acids is 1. The second-order valence-electron chi connectivity index (χ2n) is 26.9. The minimum atomic E-state index is -1.62. The predicted octanol–water partition coefficient (Wildman–Crippen LogP) is 22.9. The van der Waals surface area contributed by atoms with Crippen molar-refractivity contribution in [3.63, 3.8) is 0 Å². The lowest BCUT2D eigenvalue weighted by Gasteiger charge is -2.26. The molecule has 0 aliphatic heterocycles. The highest BCUT2D eigenvalue weighted by Gasteiger charge is 2.22. The normalized spacial score (nSPS) is 13.1. The summed E-state index contributed by atoms with van der Waals surface area (Å²) in [7, 11) is 5.94. The Bertz CT molecular complexity index is 1760. The summed E-state index contributed by atoms with van der Waals surface area (Å²) in [4.78, 5) is 37.6. The standard InChI is InChI=1S/C81H145NO8/c1-6-8-10-12-14-16-18-20-22-24-26-28-30-32-34-36-37-38-39-40-41-42-43-44-46-48-50-52-54-56-58-60-62-64-66-68-70-72-79(84)90-77(76-89-81(80(85)86)87-74-73-82(3,4)5)75-88-78(83)71-69-67-65-63-61-59-57-55-53-51-49-47-45-35-33-31-29-27-25-23-21-19-17-15-13-11-9-7-2/h8,10,14,16,20,22,26,28,32,34,37-38,40-41,77,81H,6-7,9,11-13,15,17-19,21,23-25,27,29-31,33,35-36,39,42-76H2,1-5H3/b10-8-,16-14-,22-20-,28-26-,34-32-,38-37-,41-40-. The van der Waals surface area contributed by atoms with Crippen LogP contribution >= 0.6 is 0 Å². The maximum absolute atomic E-state index is 13.0. The van der Waals surface area contributed by atoms with E-state index in [-0.39, 0.29) is 32.2 Å². The molecule has 2 unspecified atom stereocenters. The van der Waals surface area contributed by atoms with E-state index >= 15 is 0 Å². The smallest absolute Gasteiger partial charge is 0.306 e. The van der Waals surface area contributed by atoms with Gasteiger partial charge in [0.25, 0.3) is 0 Å². The van der Waals surface area contributed by atoms with Crippen LogP contribution in [0.4, 0.5) is 0 Å². The number of hydrogen-bond acceptors (Lipinski definition) is 8. The summed E-state index contributed by atoms with van der Waals surface area (Å²) in [5, 5.41) is 11.8. The van der Waals surface area contributed by atoms with Crippen molar-refractivity contribution in [2.75, 3.05) is 47.5 Å². The van der Waals surface area contributed by atoms with E-state index in [0.29, 0.717) is 23.9 Å². The number of esters is 2. The lowest BCUT2D eigenvalue weighted by molar-refractivity contribution is -0.870. The van der Waals surface area contributed by atoms with Gasteiger partial charge in [-0.05, 0) is 70.6 Å². The average molecular weight is 1260 g/mol. The summed E-state index contributed by atoms with van der Waals surface area (Å²) < 4.78 is 22.9. The van der Waals surface area contributed by atoms with Crippen LogP contribution in [0.15, 0.2) is 85.1 Å². The Hall–Kier alpha value is -3.53. The first-order chi connectivity index (χ1) is 44.1. The second-order valence-corrected chi connectivity index (χ2v) is 26.9. The number of nitrogens with zero attached hydrogens (tertiary/aromatic N) is 1. The Morgan fingerprint density at radius 1 is 0.344 bits per heavy atom. The highest BCUT2D eigenvalue weighted by molar-refractivity contribution is 5.70. The highest BCUT2D eigenvalue weighted by atomic mass is 16.7. The Balaban J connectivity index is 4.04. The molecule has 0 saturated carbocycles. The fraction of sp³-hybridized carbons (Fsp3) is 0.790. The molecule has 0 spiro atoms. The topological polar surface area (TPSA) is 111 Å². The minimum Gasteiger partial charge on any atom is -0.545 e. The van der Waals surface area contributed by atoms with Gasteiger partial charge >= 0.3 is 11.9 Å². The molecule has 0 amide bonds. The first-order valence-corrected chi connectivity index (χ1v) is 38.2. The van der Waals surface area contributed by atoms with E-state index < -0.39 is 24.3 Å². The van der Waals surface area contributed by atoms with Crippen molar-refractivity contribution < 1.29 is 42.9 Å². The van der Waals surface area contributed by atoms with E-state index in [1.807, 2.05) is 21.1 Å². The molecule has 0 heterocycles. The van der Waals surface area contributed by atoms with Gasteiger partial charge in [-0.2, -0.15) is 0 Å². The number of unbranched alkanes of at least 4 members (excludes halogenated alkanes) is 42. The van der Waals surface area contributed by atoms with Gasteiger partial charge in [0.05, 0.1) is 40.3 Å². The predicted molar refractivity (Wildman–Crippen MR) is 384 cm³/mol. The Morgan fingerprint density at radius 3 is 0.944 bits per heavy atom. The summed E-state index contributed by atoms with van der Waals surface area (Å²) in [6, 6.07) is 0. The van der Waals surface area contributed by atoms with Crippen LogP contribution in [0, 0.1) is 0 Å². The zero-order valence-electron chi connectivity index (χ0n) is 59.8. The number of carbonyl (C=O) groups excluding carboxylic acids is 3. The van der Waals surface area contributed by atoms with Gasteiger partial charge in [0.2, 0.25) is 0 Å². The average Bonchev–Trinajstić information content (AvgIpc) is 3.74. The van der Waals surface area contributed by atoms with E-state index in [0.717, 1.165) is 83.5 Å². The third kappa shape index (κ3) is 71.9. The van der Waals surface area contributed by atoms with Gasteiger partial charge in [0.15, 0.2) is 12.4 Å². The number of allylic oxidation sites excluding steroid dienone is 14. The number of carboxylic acid groups (broad SMARTS) is 1. The van der Waals surface area contributed by atoms with Crippen LogP contribution in [0.2, 0.25) is 0 Å². The molecule has 2 atom stereocenters. The molecule has 0 aromatic carbocycles. The number of rotatable bonds is 71. The van der Waals surface area contributed by atoms with E-state index in [1.54, 1.807) is 0 Å². The molecule has 0 radical (unpaired) electrons. The van der Waals surface area contributed by atoms with Crippen LogP contribution in [0.1, 0.15) is 354 Å². The molecule has 0 rings (SSSR count). The molecule has 0 fully saturated rings. The molecule has 522 valence electrons. The molecular weight excluding hydrogens is 1110 g/mol. The third-order valence-electron chi connectivity index (χ3n) is 16.9. The second kappa shape index (κ2) is 71.3. The molecule has 9 heteroatoms. The van der Waals surface area contributed by atoms with Crippen molar-refractivity contribution in [3.05, 3.63) is 85.1 Å². The first-order valence-electron chi connectivity index (χ1n) is 38.2. The van der Waals surface area contributed by atoms with Crippen LogP contribution in [-0.4, -0.2) is 82.3 Å². The maximum Gasteiger partial charge on any atom is 0.306 e. The van der Waals surface area contributed by atoms with E-state index in [4.69, 9.17) is 18.9 Å². The fourth-order valence-corrected chi connectivity index (χ4v) is 11.1. The van der Waals surface area contributed by atoms with Gasteiger partial charge in [-0.1, -0.05) is 356 Å². The fourth-order valence-electron chi connectivity index (χ4n) is 11.1. The Labute approximate surface area is 557 Å². The van der Waals surface area contributed by atoms with Gasteiger partial charge in [0, 0.05) is 12.8 Å². The van der Waals surface area contributed by atoms with Crippen LogP contribution in [0.3, 0.4) is 0 Å². The number of carboxylic acids is 1. The van der Waals surface area contributed by atoms with E-state index in [2.05, 4.69) is 98.9 Å². The number of likely N-dealkylation sites (N-methyl/N-ethyl adjacent to an activating group) is 1. The largest absolute Gasteiger partial charge is 0.545 e. The molecular formula is C81H145NO8. The Kier molecular flexibility index (Phi) is 68.5. The van der Waals surface area contributed by atoms with Crippen LogP contribution < -0.4 is 5.11 Å². The molecule has 0 aromatic heterocycles. The molecule has 0 aromatic rings. The van der Waals surface area contributed by atoms with Crippen molar-refractivity contribution in [1.82, 2.24) is 0 Å². The van der Waals surface area contributed by atoms with Crippen LogP contribution in [0.5, 0.6) is 0 Å². The summed E-state index contributed by atoms with van der Waals surface area (Å²) >= 11 is 0. The zero-order valence-corrected chi connectivity index (χ0v) is 59.8.